The van der Waals surface area contributed by atoms with Gasteiger partial charge in [0.2, 0.25) is 0 Å². The molecule has 0 atom stereocenters. The zero-order valence-corrected chi connectivity index (χ0v) is 34.4. The van der Waals surface area contributed by atoms with Crippen LogP contribution < -0.4 is 0 Å². The Morgan fingerprint density at radius 2 is 1.03 bits per heavy atom. The number of furan rings is 1. The molecule has 5 heteroatoms. The number of fused-ring (bicyclic) bond motifs is 4. The van der Waals surface area contributed by atoms with Crippen LogP contribution in [-0.2, 0) is 6.42 Å². The minimum Gasteiger partial charge on any atom is -0.456 e. The van der Waals surface area contributed by atoms with E-state index < -0.39 is 0 Å². The van der Waals surface area contributed by atoms with Gasteiger partial charge in [-0.2, -0.15) is 0 Å². The van der Waals surface area contributed by atoms with Gasteiger partial charge in [-0.3, -0.25) is 0 Å². The molecule has 8 aromatic carbocycles. The highest BCUT2D eigenvalue weighted by atomic mass is 16.3. The minimum absolute atomic E-state index is 0.574. The van der Waals surface area contributed by atoms with E-state index in [0.717, 1.165) is 84.2 Å². The van der Waals surface area contributed by atoms with Crippen LogP contribution in [0.15, 0.2) is 223 Å². The predicted octanol–water partition coefficient (Wildman–Crippen LogP) is 14.8. The standard InChI is InChI=1S/C58H40N4O/c1-2-3-24-52-50(37-39-16-7-4-8-17-39)47-22-13-14-25-51(47)62(52)46-35-36-48-54(38-46)63-53-26-15-23-49(55(48)53)58-60-56(44-31-27-42(28-32-44)40-18-9-5-10-19-40)59-57(61-58)45-33-29-43(30-34-45)41-20-11-6-12-21-41/h2-36,38H,1,37H2/b24-3-. The van der Waals surface area contributed by atoms with Gasteiger partial charge in [0.25, 0.3) is 0 Å². The highest BCUT2D eigenvalue weighted by molar-refractivity contribution is 6.12. The number of aromatic nitrogens is 4. The van der Waals surface area contributed by atoms with Crippen molar-refractivity contribution in [3.63, 3.8) is 0 Å². The number of para-hydroxylation sites is 1. The second-order valence-electron chi connectivity index (χ2n) is 15.6. The highest BCUT2D eigenvalue weighted by Crippen LogP contribution is 2.39. The molecular weight excluding hydrogens is 769 g/mol. The first kappa shape index (κ1) is 37.6. The summed E-state index contributed by atoms with van der Waals surface area (Å²) in [6.07, 6.45) is 6.80. The fraction of sp³-hybridized carbons (Fsp3) is 0.0172. The number of rotatable bonds is 10. The van der Waals surface area contributed by atoms with Crippen molar-refractivity contribution in [1.29, 1.82) is 0 Å². The van der Waals surface area contributed by atoms with Crippen LogP contribution >= 0.6 is 0 Å². The van der Waals surface area contributed by atoms with Gasteiger partial charge in [0.05, 0.1) is 11.2 Å². The summed E-state index contributed by atoms with van der Waals surface area (Å²) in [5, 5.41) is 3.15. The van der Waals surface area contributed by atoms with Crippen molar-refractivity contribution in [3.05, 3.63) is 236 Å². The van der Waals surface area contributed by atoms with Crippen LogP contribution in [0.5, 0.6) is 0 Å². The topological polar surface area (TPSA) is 56.7 Å². The maximum atomic E-state index is 6.73. The Labute approximate surface area is 365 Å². The van der Waals surface area contributed by atoms with Crippen molar-refractivity contribution in [2.45, 2.75) is 6.42 Å². The van der Waals surface area contributed by atoms with Crippen molar-refractivity contribution >= 4 is 38.9 Å². The number of allylic oxidation sites excluding steroid dienone is 2. The molecule has 0 radical (unpaired) electrons. The second-order valence-corrected chi connectivity index (χ2v) is 15.6. The summed E-state index contributed by atoms with van der Waals surface area (Å²) in [4.78, 5) is 15.5. The van der Waals surface area contributed by atoms with Gasteiger partial charge in [-0.1, -0.05) is 189 Å². The third kappa shape index (κ3) is 7.11. The normalized spacial score (nSPS) is 11.6. The second kappa shape index (κ2) is 16.2. The van der Waals surface area contributed by atoms with Crippen molar-refractivity contribution < 1.29 is 4.42 Å². The van der Waals surface area contributed by atoms with Gasteiger partial charge in [-0.25, -0.2) is 15.0 Å². The van der Waals surface area contributed by atoms with E-state index in [4.69, 9.17) is 19.4 Å². The van der Waals surface area contributed by atoms with Gasteiger partial charge < -0.3 is 8.98 Å². The van der Waals surface area contributed by atoms with E-state index in [2.05, 4.69) is 193 Å². The Bertz CT molecular complexity index is 3360. The molecule has 0 amide bonds. The Hall–Kier alpha value is -8.41. The average molecular weight is 809 g/mol. The van der Waals surface area contributed by atoms with Crippen LogP contribution in [-0.4, -0.2) is 19.5 Å². The summed E-state index contributed by atoms with van der Waals surface area (Å²) in [7, 11) is 0. The Balaban J connectivity index is 1.05. The van der Waals surface area contributed by atoms with Gasteiger partial charge in [-0.05, 0) is 63.7 Å². The van der Waals surface area contributed by atoms with Gasteiger partial charge >= 0.3 is 0 Å². The molecule has 0 saturated carbocycles. The molecule has 0 N–H and O–H groups in total. The fourth-order valence-corrected chi connectivity index (χ4v) is 8.70. The lowest BCUT2D eigenvalue weighted by Gasteiger charge is -2.11. The smallest absolute Gasteiger partial charge is 0.164 e. The first-order valence-corrected chi connectivity index (χ1v) is 21.2. The Morgan fingerprint density at radius 3 is 1.67 bits per heavy atom. The first-order valence-electron chi connectivity index (χ1n) is 21.2. The molecule has 0 aliphatic carbocycles. The Morgan fingerprint density at radius 1 is 0.476 bits per heavy atom. The lowest BCUT2D eigenvalue weighted by molar-refractivity contribution is 0.668. The third-order valence-corrected chi connectivity index (χ3v) is 11.7. The largest absolute Gasteiger partial charge is 0.456 e. The summed E-state index contributed by atoms with van der Waals surface area (Å²) < 4.78 is 9.06. The van der Waals surface area contributed by atoms with Crippen LogP contribution in [0.2, 0.25) is 0 Å². The molecule has 3 aromatic heterocycles. The number of hydrogen-bond acceptors (Lipinski definition) is 4. The molecule has 0 bridgehead atoms. The number of benzene rings is 8. The predicted molar refractivity (Wildman–Crippen MR) is 260 cm³/mol. The zero-order valence-electron chi connectivity index (χ0n) is 34.4. The van der Waals surface area contributed by atoms with Crippen LogP contribution in [0.25, 0.3) is 101 Å². The molecule has 0 aliphatic heterocycles. The lowest BCUT2D eigenvalue weighted by atomic mass is 10.0. The molecule has 63 heavy (non-hydrogen) atoms. The molecule has 0 saturated heterocycles. The van der Waals surface area contributed by atoms with Crippen molar-refractivity contribution in [1.82, 2.24) is 19.5 Å². The van der Waals surface area contributed by atoms with E-state index in [-0.39, 0.29) is 0 Å². The number of nitrogens with zero attached hydrogens (tertiary/aromatic N) is 4. The molecule has 11 rings (SSSR count). The first-order chi connectivity index (χ1) is 31.2. The molecule has 0 fully saturated rings. The SMILES string of the molecule is C=C/C=C\c1c(Cc2ccccc2)c2ccccc2n1-c1ccc2c(c1)oc1cccc(-c3nc(-c4ccc(-c5ccccc5)cc4)nc(-c4ccc(-c5ccccc5)cc4)n3)c12. The van der Waals surface area contributed by atoms with E-state index in [0.29, 0.717) is 17.5 Å². The maximum absolute atomic E-state index is 6.73. The van der Waals surface area contributed by atoms with E-state index in [1.807, 2.05) is 36.4 Å². The molecule has 0 spiro atoms. The summed E-state index contributed by atoms with van der Waals surface area (Å²) in [6, 6.07) is 69.5. The molecular formula is C58H40N4O. The van der Waals surface area contributed by atoms with Gasteiger partial charge in [0, 0.05) is 51.0 Å². The van der Waals surface area contributed by atoms with E-state index in [1.165, 1.54) is 16.5 Å². The lowest BCUT2D eigenvalue weighted by Crippen LogP contribution is -2.00. The summed E-state index contributed by atoms with van der Waals surface area (Å²) in [5.74, 6) is 1.77. The van der Waals surface area contributed by atoms with Crippen LogP contribution in [0.3, 0.4) is 0 Å². The summed E-state index contributed by atoms with van der Waals surface area (Å²) >= 11 is 0. The molecule has 0 aliphatic rings. The molecule has 0 unspecified atom stereocenters. The Kier molecular flexibility index (Phi) is 9.68. The quantitative estimate of drug-likeness (QED) is 0.129. The zero-order chi connectivity index (χ0) is 42.1. The van der Waals surface area contributed by atoms with Crippen LogP contribution in [0, 0.1) is 0 Å². The average Bonchev–Trinajstić information content (AvgIpc) is 3.88. The summed E-state index contributed by atoms with van der Waals surface area (Å²) in [6.45, 7) is 3.99. The van der Waals surface area contributed by atoms with E-state index >= 15 is 0 Å². The summed E-state index contributed by atoms with van der Waals surface area (Å²) in [5.41, 5.74) is 14.5. The van der Waals surface area contributed by atoms with Crippen LogP contribution in [0.1, 0.15) is 16.8 Å². The van der Waals surface area contributed by atoms with Gasteiger partial charge in [0.15, 0.2) is 17.5 Å². The van der Waals surface area contributed by atoms with Crippen molar-refractivity contribution in [2.75, 3.05) is 0 Å². The monoisotopic (exact) mass is 808 g/mol. The third-order valence-electron chi connectivity index (χ3n) is 11.7. The van der Waals surface area contributed by atoms with Crippen molar-refractivity contribution in [3.8, 4) is 62.1 Å². The molecule has 298 valence electrons. The highest BCUT2D eigenvalue weighted by Gasteiger charge is 2.21. The number of hydrogen-bond donors (Lipinski definition) is 0. The fourth-order valence-electron chi connectivity index (χ4n) is 8.70. The molecule has 5 nitrogen and oxygen atoms in total. The molecule has 3 heterocycles. The minimum atomic E-state index is 0.574. The van der Waals surface area contributed by atoms with Crippen LogP contribution in [0.4, 0.5) is 0 Å². The van der Waals surface area contributed by atoms with Gasteiger partial charge in [-0.15, -0.1) is 0 Å². The van der Waals surface area contributed by atoms with E-state index in [9.17, 15) is 0 Å². The van der Waals surface area contributed by atoms with Gasteiger partial charge in [0.1, 0.15) is 11.2 Å². The molecule has 11 aromatic rings. The van der Waals surface area contributed by atoms with Crippen molar-refractivity contribution in [2.24, 2.45) is 0 Å². The van der Waals surface area contributed by atoms with E-state index in [1.54, 1.807) is 0 Å². The maximum Gasteiger partial charge on any atom is 0.164 e.